The van der Waals surface area contributed by atoms with E-state index in [1.165, 1.54) is 31.2 Å². The maximum absolute atomic E-state index is 13.5. The molecule has 5 rings (SSSR count). The van der Waals surface area contributed by atoms with Crippen molar-refractivity contribution < 1.29 is 9.32 Å². The molecule has 1 aliphatic carbocycles. The van der Waals surface area contributed by atoms with E-state index in [4.69, 9.17) is 4.52 Å². The molecule has 2 aliphatic rings. The van der Waals surface area contributed by atoms with Crippen LogP contribution in [-0.2, 0) is 0 Å². The summed E-state index contributed by atoms with van der Waals surface area (Å²) in [5.41, 5.74) is 2.79. The van der Waals surface area contributed by atoms with Gasteiger partial charge in [0, 0.05) is 36.9 Å². The molecule has 0 unspecified atom stereocenters. The number of anilines is 1. The number of benzene rings is 2. The van der Waals surface area contributed by atoms with E-state index in [-0.39, 0.29) is 11.9 Å². The molecule has 3 aromatic rings. The number of piperidine rings is 1. The SMILES string of the molecule is Cc1cc(C(=O)N(c2ccccc2)C2CCN([C@@H]3CCCC[C@@H]3c3ccccc3)CC2)no1. The highest BCUT2D eigenvalue weighted by atomic mass is 16.5. The van der Waals surface area contributed by atoms with Crippen LogP contribution in [0.3, 0.4) is 0 Å². The molecule has 1 aromatic heterocycles. The zero-order valence-corrected chi connectivity index (χ0v) is 19.4. The molecule has 1 saturated carbocycles. The van der Waals surface area contributed by atoms with Crippen LogP contribution in [-0.4, -0.2) is 41.1 Å². The minimum Gasteiger partial charge on any atom is -0.361 e. The normalized spacial score (nSPS) is 22.2. The van der Waals surface area contributed by atoms with Gasteiger partial charge in [0.05, 0.1) is 0 Å². The highest BCUT2D eigenvalue weighted by Crippen LogP contribution is 2.38. The largest absolute Gasteiger partial charge is 0.361 e. The molecule has 0 radical (unpaired) electrons. The molecule has 2 heterocycles. The fraction of sp³-hybridized carbons (Fsp3) is 0.429. The van der Waals surface area contributed by atoms with Gasteiger partial charge in [-0.1, -0.05) is 66.5 Å². The fourth-order valence-electron chi connectivity index (χ4n) is 5.79. The minimum absolute atomic E-state index is 0.0728. The number of aryl methyl sites for hydroxylation is 1. The summed E-state index contributed by atoms with van der Waals surface area (Å²) in [5.74, 6) is 1.20. The average Bonchev–Trinajstić information content (AvgIpc) is 3.32. The molecule has 33 heavy (non-hydrogen) atoms. The molecule has 0 N–H and O–H groups in total. The van der Waals surface area contributed by atoms with E-state index in [1.807, 2.05) is 42.2 Å². The summed E-state index contributed by atoms with van der Waals surface area (Å²) >= 11 is 0. The molecule has 0 bridgehead atoms. The van der Waals surface area contributed by atoms with E-state index < -0.39 is 0 Å². The summed E-state index contributed by atoms with van der Waals surface area (Å²) in [6, 6.07) is 23.5. The van der Waals surface area contributed by atoms with E-state index in [0.717, 1.165) is 31.6 Å². The first kappa shape index (κ1) is 21.9. The first-order chi connectivity index (χ1) is 16.2. The minimum atomic E-state index is -0.0728. The lowest BCUT2D eigenvalue weighted by atomic mass is 9.78. The Labute approximate surface area is 196 Å². The van der Waals surface area contributed by atoms with Crippen LogP contribution in [0.15, 0.2) is 71.3 Å². The van der Waals surface area contributed by atoms with Crippen molar-refractivity contribution in [1.29, 1.82) is 0 Å². The maximum Gasteiger partial charge on any atom is 0.280 e. The van der Waals surface area contributed by atoms with E-state index in [9.17, 15) is 4.79 Å². The predicted molar refractivity (Wildman–Crippen MR) is 131 cm³/mol. The van der Waals surface area contributed by atoms with E-state index in [2.05, 4.69) is 40.4 Å². The molecule has 1 amide bonds. The molecule has 5 nitrogen and oxygen atoms in total. The van der Waals surface area contributed by atoms with Gasteiger partial charge in [-0.05, 0) is 56.2 Å². The zero-order valence-electron chi connectivity index (χ0n) is 19.4. The first-order valence-electron chi connectivity index (χ1n) is 12.3. The molecular weight excluding hydrogens is 410 g/mol. The molecular formula is C28H33N3O2. The second kappa shape index (κ2) is 9.92. The number of para-hydroxylation sites is 1. The predicted octanol–water partition coefficient (Wildman–Crippen LogP) is 5.82. The Morgan fingerprint density at radius 2 is 1.61 bits per heavy atom. The average molecular weight is 444 g/mol. The van der Waals surface area contributed by atoms with Crippen LogP contribution in [0, 0.1) is 6.92 Å². The number of hydrogen-bond acceptors (Lipinski definition) is 4. The molecule has 2 aromatic carbocycles. The van der Waals surface area contributed by atoms with Crippen molar-refractivity contribution in [1.82, 2.24) is 10.1 Å². The van der Waals surface area contributed by atoms with Crippen molar-refractivity contribution in [3.8, 4) is 0 Å². The molecule has 2 fully saturated rings. The molecule has 1 saturated heterocycles. The fourth-order valence-corrected chi connectivity index (χ4v) is 5.79. The number of rotatable bonds is 5. The Bertz CT molecular complexity index is 1040. The third-order valence-electron chi connectivity index (χ3n) is 7.39. The molecule has 5 heteroatoms. The van der Waals surface area contributed by atoms with Crippen LogP contribution in [0.2, 0.25) is 0 Å². The van der Waals surface area contributed by atoms with E-state index in [0.29, 0.717) is 23.4 Å². The standard InChI is InChI=1S/C28H33N3O2/c1-21-20-26(29-33-21)28(32)31(23-12-6-3-7-13-23)24-16-18-30(19-17-24)27-15-9-8-14-25(27)22-10-4-2-5-11-22/h2-7,10-13,20,24-25,27H,8-9,14-19H2,1H3/t25-,27-/m1/s1. The van der Waals surface area contributed by atoms with Crippen molar-refractivity contribution >= 4 is 11.6 Å². The molecule has 172 valence electrons. The lowest BCUT2D eigenvalue weighted by Gasteiger charge is -2.45. The van der Waals surface area contributed by atoms with E-state index >= 15 is 0 Å². The van der Waals surface area contributed by atoms with Crippen LogP contribution in [0.5, 0.6) is 0 Å². The van der Waals surface area contributed by atoms with Crippen molar-refractivity contribution in [2.24, 2.45) is 0 Å². The van der Waals surface area contributed by atoms with Crippen LogP contribution in [0.4, 0.5) is 5.69 Å². The number of hydrogen-bond donors (Lipinski definition) is 0. The third-order valence-corrected chi connectivity index (χ3v) is 7.39. The van der Waals surface area contributed by atoms with Gasteiger partial charge in [-0.25, -0.2) is 0 Å². The van der Waals surface area contributed by atoms with Crippen molar-refractivity contribution in [2.75, 3.05) is 18.0 Å². The Morgan fingerprint density at radius 1 is 0.939 bits per heavy atom. The van der Waals surface area contributed by atoms with Crippen LogP contribution < -0.4 is 4.90 Å². The smallest absolute Gasteiger partial charge is 0.280 e. The van der Waals surface area contributed by atoms with Crippen molar-refractivity contribution in [3.05, 3.63) is 83.7 Å². The molecule has 0 spiro atoms. The topological polar surface area (TPSA) is 49.6 Å². The third kappa shape index (κ3) is 4.74. The monoisotopic (exact) mass is 443 g/mol. The Kier molecular flexibility index (Phi) is 6.58. The van der Waals surface area contributed by atoms with Gasteiger partial charge < -0.3 is 9.42 Å². The highest BCUT2D eigenvalue weighted by molar-refractivity contribution is 6.05. The zero-order chi connectivity index (χ0) is 22.6. The van der Waals surface area contributed by atoms with Crippen LogP contribution in [0.25, 0.3) is 0 Å². The van der Waals surface area contributed by atoms with Gasteiger partial charge >= 0.3 is 0 Å². The van der Waals surface area contributed by atoms with Gasteiger partial charge in [-0.15, -0.1) is 0 Å². The number of likely N-dealkylation sites (tertiary alicyclic amines) is 1. The number of nitrogens with zero attached hydrogens (tertiary/aromatic N) is 3. The second-order valence-corrected chi connectivity index (χ2v) is 9.47. The van der Waals surface area contributed by atoms with Gasteiger partial charge in [0.1, 0.15) is 5.76 Å². The number of amides is 1. The lowest BCUT2D eigenvalue weighted by molar-refractivity contribution is 0.0888. The van der Waals surface area contributed by atoms with Gasteiger partial charge in [0.25, 0.3) is 5.91 Å². The summed E-state index contributed by atoms with van der Waals surface area (Å²) in [6.07, 6.45) is 7.11. The summed E-state index contributed by atoms with van der Waals surface area (Å²) in [6.45, 7) is 3.86. The Hall–Kier alpha value is -2.92. The van der Waals surface area contributed by atoms with Gasteiger partial charge in [0.2, 0.25) is 0 Å². The summed E-state index contributed by atoms with van der Waals surface area (Å²) < 4.78 is 5.20. The van der Waals surface area contributed by atoms with Crippen molar-refractivity contribution in [3.63, 3.8) is 0 Å². The van der Waals surface area contributed by atoms with Crippen LogP contribution >= 0.6 is 0 Å². The van der Waals surface area contributed by atoms with Gasteiger partial charge in [-0.3, -0.25) is 9.69 Å². The quantitative estimate of drug-likeness (QED) is 0.498. The molecule has 2 atom stereocenters. The highest BCUT2D eigenvalue weighted by Gasteiger charge is 2.36. The number of carbonyl (C=O) groups is 1. The Morgan fingerprint density at radius 3 is 2.27 bits per heavy atom. The van der Waals surface area contributed by atoms with Crippen LogP contribution in [0.1, 0.15) is 66.3 Å². The van der Waals surface area contributed by atoms with E-state index in [1.54, 1.807) is 6.07 Å². The van der Waals surface area contributed by atoms with Gasteiger partial charge in [-0.2, -0.15) is 0 Å². The summed E-state index contributed by atoms with van der Waals surface area (Å²) in [7, 11) is 0. The second-order valence-electron chi connectivity index (χ2n) is 9.47. The summed E-state index contributed by atoms with van der Waals surface area (Å²) in [4.78, 5) is 18.1. The maximum atomic E-state index is 13.5. The van der Waals surface area contributed by atoms with Gasteiger partial charge in [0.15, 0.2) is 5.69 Å². The Balaban J connectivity index is 1.33. The lowest BCUT2D eigenvalue weighted by Crippen LogP contribution is -2.51. The number of carbonyl (C=O) groups excluding carboxylic acids is 1. The van der Waals surface area contributed by atoms with Crippen molar-refractivity contribution in [2.45, 2.75) is 63.5 Å². The first-order valence-corrected chi connectivity index (χ1v) is 12.3. The number of aromatic nitrogens is 1. The summed E-state index contributed by atoms with van der Waals surface area (Å²) in [5, 5.41) is 4.01. The molecule has 1 aliphatic heterocycles.